The third kappa shape index (κ3) is 6.09. The molecule has 3 unspecified atom stereocenters. The van der Waals surface area contributed by atoms with E-state index >= 15 is 0 Å². The van der Waals surface area contributed by atoms with Gasteiger partial charge in [-0.2, -0.15) is 13.2 Å². The van der Waals surface area contributed by atoms with Gasteiger partial charge < -0.3 is 15.0 Å². The van der Waals surface area contributed by atoms with Crippen molar-refractivity contribution in [2.75, 3.05) is 12.4 Å². The molecule has 5 nitrogen and oxygen atoms in total. The van der Waals surface area contributed by atoms with Gasteiger partial charge in [0.1, 0.15) is 11.6 Å². The number of rotatable bonds is 6. The first-order valence-electron chi connectivity index (χ1n) is 13.1. The van der Waals surface area contributed by atoms with Gasteiger partial charge >= 0.3 is 6.18 Å². The third-order valence-electron chi connectivity index (χ3n) is 7.75. The van der Waals surface area contributed by atoms with Crippen molar-refractivity contribution in [1.82, 2.24) is 4.90 Å². The van der Waals surface area contributed by atoms with Gasteiger partial charge in [-0.15, -0.1) is 0 Å². The van der Waals surface area contributed by atoms with Crippen LogP contribution < -0.4 is 10.1 Å². The highest BCUT2D eigenvalue weighted by atomic mass is 79.9. The molecule has 0 spiro atoms. The molecule has 2 amide bonds. The Kier molecular flexibility index (Phi) is 8.34. The zero-order valence-electron chi connectivity index (χ0n) is 21.9. The SMILES string of the molecule is COc1ccc(CN2C(=O)c3cc(Br)cc(NC(=O)C4CCCC(C(F)(F)F)C4)c3C2c2cc(F)ccc2Cl)cc1. The molecule has 1 aliphatic carbocycles. The first-order chi connectivity index (χ1) is 19.5. The van der Waals surface area contributed by atoms with Crippen molar-refractivity contribution in [2.24, 2.45) is 11.8 Å². The molecule has 11 heteroatoms. The lowest BCUT2D eigenvalue weighted by Gasteiger charge is -2.30. The van der Waals surface area contributed by atoms with E-state index in [9.17, 15) is 27.2 Å². The minimum atomic E-state index is -4.37. The van der Waals surface area contributed by atoms with Crippen LogP contribution in [0.3, 0.4) is 0 Å². The first-order valence-corrected chi connectivity index (χ1v) is 14.2. The summed E-state index contributed by atoms with van der Waals surface area (Å²) in [6.07, 6.45) is -4.06. The average molecular weight is 654 g/mol. The van der Waals surface area contributed by atoms with Gasteiger partial charge in [0.25, 0.3) is 5.91 Å². The molecule has 41 heavy (non-hydrogen) atoms. The highest BCUT2D eigenvalue weighted by Gasteiger charge is 2.45. The standard InChI is InChI=1S/C30H26BrClF4N2O3/c1-41-21-8-5-16(6-9-21)15-38-27(22-14-20(33)7-10-24(22)32)26-23(29(38)40)12-19(31)13-25(26)37-28(39)17-3-2-4-18(11-17)30(34,35)36/h5-10,12-14,17-18,27H,2-4,11,15H2,1H3,(H,37,39). The number of alkyl halides is 3. The fourth-order valence-electron chi connectivity index (χ4n) is 5.72. The normalized spacial score (nSPS) is 20.6. The fourth-order valence-corrected chi connectivity index (χ4v) is 6.40. The number of amides is 2. The van der Waals surface area contributed by atoms with Crippen LogP contribution in [0.4, 0.5) is 23.2 Å². The van der Waals surface area contributed by atoms with Crippen LogP contribution in [-0.4, -0.2) is 30.0 Å². The number of halogens is 6. The van der Waals surface area contributed by atoms with E-state index in [-0.39, 0.29) is 48.0 Å². The molecule has 1 saturated carbocycles. The van der Waals surface area contributed by atoms with E-state index in [1.807, 2.05) is 0 Å². The highest BCUT2D eigenvalue weighted by molar-refractivity contribution is 9.10. The van der Waals surface area contributed by atoms with Gasteiger partial charge in [0, 0.05) is 44.3 Å². The summed E-state index contributed by atoms with van der Waals surface area (Å²) in [7, 11) is 1.54. The topological polar surface area (TPSA) is 58.6 Å². The lowest BCUT2D eigenvalue weighted by atomic mass is 9.80. The Bertz CT molecular complexity index is 1480. The van der Waals surface area contributed by atoms with Crippen LogP contribution in [0.5, 0.6) is 5.75 Å². The number of nitrogens with zero attached hydrogens (tertiary/aromatic N) is 1. The Morgan fingerprint density at radius 1 is 1.12 bits per heavy atom. The van der Waals surface area contributed by atoms with Crippen molar-refractivity contribution in [2.45, 2.75) is 44.4 Å². The minimum Gasteiger partial charge on any atom is -0.497 e. The number of benzene rings is 3. The number of carbonyl (C=O) groups excluding carboxylic acids is 2. The minimum absolute atomic E-state index is 0.00543. The number of fused-ring (bicyclic) bond motifs is 1. The molecular formula is C30H26BrClF4N2O3. The third-order valence-corrected chi connectivity index (χ3v) is 8.55. The van der Waals surface area contributed by atoms with E-state index in [1.54, 1.807) is 43.5 Å². The molecule has 0 bridgehead atoms. The van der Waals surface area contributed by atoms with Gasteiger partial charge in [-0.3, -0.25) is 9.59 Å². The summed E-state index contributed by atoms with van der Waals surface area (Å²) >= 11 is 9.94. The van der Waals surface area contributed by atoms with Gasteiger partial charge in [0.05, 0.1) is 19.1 Å². The molecule has 1 fully saturated rings. The zero-order chi connectivity index (χ0) is 29.5. The number of hydrogen-bond donors (Lipinski definition) is 1. The van der Waals surface area contributed by atoms with Crippen molar-refractivity contribution in [3.63, 3.8) is 0 Å². The van der Waals surface area contributed by atoms with Gasteiger partial charge in [0.15, 0.2) is 0 Å². The van der Waals surface area contributed by atoms with Crippen molar-refractivity contribution >= 4 is 45.0 Å². The average Bonchev–Trinajstić information content (AvgIpc) is 3.21. The Morgan fingerprint density at radius 3 is 2.54 bits per heavy atom. The van der Waals surface area contributed by atoms with E-state index in [0.717, 1.165) is 5.56 Å². The molecule has 216 valence electrons. The number of hydrogen-bond acceptors (Lipinski definition) is 3. The molecule has 2 aliphatic rings. The van der Waals surface area contributed by atoms with E-state index in [1.165, 1.54) is 23.1 Å². The van der Waals surface area contributed by atoms with Crippen LogP contribution in [0, 0.1) is 17.7 Å². The summed E-state index contributed by atoms with van der Waals surface area (Å²) in [6.45, 7) is 0.135. The second kappa shape index (κ2) is 11.6. The number of ether oxygens (including phenoxy) is 1. The molecular weight excluding hydrogens is 628 g/mol. The number of anilines is 1. The summed E-state index contributed by atoms with van der Waals surface area (Å²) in [6, 6.07) is 13.3. The highest BCUT2D eigenvalue weighted by Crippen LogP contribution is 2.47. The molecule has 3 aromatic carbocycles. The van der Waals surface area contributed by atoms with Crippen LogP contribution >= 0.6 is 27.5 Å². The molecule has 0 aromatic heterocycles. The van der Waals surface area contributed by atoms with E-state index in [0.29, 0.717) is 27.8 Å². The predicted octanol–water partition coefficient (Wildman–Crippen LogP) is 8.30. The summed E-state index contributed by atoms with van der Waals surface area (Å²) in [5.41, 5.74) is 2.01. The van der Waals surface area contributed by atoms with E-state index in [2.05, 4.69) is 21.2 Å². The number of methoxy groups -OCH3 is 1. The van der Waals surface area contributed by atoms with Crippen LogP contribution in [0.15, 0.2) is 59.1 Å². The Hall–Kier alpha value is -3.11. The molecule has 0 radical (unpaired) electrons. The maximum absolute atomic E-state index is 14.5. The molecule has 1 heterocycles. The first kappa shape index (κ1) is 29.4. The van der Waals surface area contributed by atoms with Gasteiger partial charge in [-0.05, 0) is 67.3 Å². The number of nitrogens with one attached hydrogen (secondary N) is 1. The number of carbonyl (C=O) groups is 2. The van der Waals surface area contributed by atoms with Crippen LogP contribution in [0.1, 0.15) is 58.8 Å². The quantitative estimate of drug-likeness (QED) is 0.273. The van der Waals surface area contributed by atoms with E-state index in [4.69, 9.17) is 16.3 Å². The van der Waals surface area contributed by atoms with Crippen molar-refractivity contribution < 1.29 is 31.9 Å². The zero-order valence-corrected chi connectivity index (χ0v) is 24.2. The predicted molar refractivity (Wildman–Crippen MR) is 150 cm³/mol. The smallest absolute Gasteiger partial charge is 0.391 e. The van der Waals surface area contributed by atoms with Crippen LogP contribution in [-0.2, 0) is 11.3 Å². The van der Waals surface area contributed by atoms with Gasteiger partial charge in [0.2, 0.25) is 5.91 Å². The largest absolute Gasteiger partial charge is 0.497 e. The summed E-state index contributed by atoms with van der Waals surface area (Å²) in [4.78, 5) is 28.7. The van der Waals surface area contributed by atoms with E-state index < -0.39 is 35.8 Å². The monoisotopic (exact) mass is 652 g/mol. The lowest BCUT2D eigenvalue weighted by Crippen LogP contribution is -2.34. The Labute approximate surface area is 247 Å². The van der Waals surface area contributed by atoms with Gasteiger partial charge in [-0.25, -0.2) is 4.39 Å². The maximum Gasteiger partial charge on any atom is 0.391 e. The molecule has 5 rings (SSSR count). The summed E-state index contributed by atoms with van der Waals surface area (Å²) in [5, 5.41) is 3.03. The Morgan fingerprint density at radius 2 is 1.85 bits per heavy atom. The molecule has 1 aliphatic heterocycles. The summed E-state index contributed by atoms with van der Waals surface area (Å²) in [5.74, 6) is -3.22. The lowest BCUT2D eigenvalue weighted by molar-refractivity contribution is -0.185. The maximum atomic E-state index is 14.5. The molecule has 3 atom stereocenters. The van der Waals surface area contributed by atoms with Crippen LogP contribution in [0.2, 0.25) is 5.02 Å². The fraction of sp³-hybridized carbons (Fsp3) is 0.333. The van der Waals surface area contributed by atoms with Gasteiger partial charge in [-0.1, -0.05) is 46.1 Å². The molecule has 3 aromatic rings. The molecule has 0 saturated heterocycles. The Balaban J connectivity index is 1.55. The van der Waals surface area contributed by atoms with Crippen molar-refractivity contribution in [3.8, 4) is 5.75 Å². The van der Waals surface area contributed by atoms with Crippen molar-refractivity contribution in [1.29, 1.82) is 0 Å². The van der Waals surface area contributed by atoms with Crippen LogP contribution in [0.25, 0.3) is 0 Å². The molecule has 1 N–H and O–H groups in total. The van der Waals surface area contributed by atoms with Crippen molar-refractivity contribution in [3.05, 3.63) is 92.2 Å². The summed E-state index contributed by atoms with van der Waals surface area (Å²) < 4.78 is 60.5. The second-order valence-corrected chi connectivity index (χ2v) is 11.7. The second-order valence-electron chi connectivity index (χ2n) is 10.4.